The molecule has 3 nitrogen and oxygen atoms in total. The van der Waals surface area contributed by atoms with E-state index in [4.69, 9.17) is 21.1 Å². The van der Waals surface area contributed by atoms with E-state index in [2.05, 4.69) is 0 Å². The van der Waals surface area contributed by atoms with Gasteiger partial charge in [0.1, 0.15) is 11.5 Å². The zero-order valence-corrected chi connectivity index (χ0v) is 10.2. The zero-order valence-electron chi connectivity index (χ0n) is 9.46. The third-order valence-electron chi connectivity index (χ3n) is 2.17. The van der Waals surface area contributed by atoms with Crippen molar-refractivity contribution in [2.24, 2.45) is 0 Å². The first-order valence-corrected chi connectivity index (χ1v) is 5.53. The molecular formula is C12H15ClO3. The first-order valence-electron chi connectivity index (χ1n) is 5.15. The molecule has 0 amide bonds. The summed E-state index contributed by atoms with van der Waals surface area (Å²) in [6, 6.07) is 5.55. The summed E-state index contributed by atoms with van der Waals surface area (Å²) in [5.74, 6) is 1.49. The Morgan fingerprint density at radius 1 is 1.44 bits per heavy atom. The molecule has 1 rings (SSSR count). The van der Waals surface area contributed by atoms with Crippen molar-refractivity contribution >= 4 is 16.8 Å². The van der Waals surface area contributed by atoms with Gasteiger partial charge in [-0.05, 0) is 36.6 Å². The van der Waals surface area contributed by atoms with Crippen LogP contribution in [-0.4, -0.2) is 19.0 Å². The van der Waals surface area contributed by atoms with Crippen molar-refractivity contribution < 1.29 is 14.3 Å². The van der Waals surface area contributed by atoms with Gasteiger partial charge in [0.15, 0.2) is 0 Å². The smallest absolute Gasteiger partial charge is 0.221 e. The second kappa shape index (κ2) is 6.38. The highest BCUT2D eigenvalue weighted by molar-refractivity contribution is 6.63. The molecule has 0 spiro atoms. The van der Waals surface area contributed by atoms with Crippen LogP contribution in [0.3, 0.4) is 0 Å². The number of hydrogen-bond acceptors (Lipinski definition) is 3. The van der Waals surface area contributed by atoms with Gasteiger partial charge in [-0.15, -0.1) is 0 Å². The Balaban J connectivity index is 2.84. The number of rotatable bonds is 6. The quantitative estimate of drug-likeness (QED) is 0.720. The number of hydrogen-bond donors (Lipinski definition) is 0. The van der Waals surface area contributed by atoms with Crippen LogP contribution >= 0.6 is 11.6 Å². The molecule has 4 heteroatoms. The Labute approximate surface area is 100 Å². The summed E-state index contributed by atoms with van der Waals surface area (Å²) in [5.41, 5.74) is 0.969. The molecule has 0 aliphatic heterocycles. The average Bonchev–Trinajstić information content (AvgIpc) is 2.27. The predicted molar refractivity (Wildman–Crippen MR) is 63.3 cm³/mol. The van der Waals surface area contributed by atoms with E-state index in [1.165, 1.54) is 0 Å². The first kappa shape index (κ1) is 12.8. The molecule has 0 saturated heterocycles. The summed E-state index contributed by atoms with van der Waals surface area (Å²) in [6.45, 7) is 2.49. The summed E-state index contributed by atoms with van der Waals surface area (Å²) in [7, 11) is 1.60. The highest BCUT2D eigenvalue weighted by Gasteiger charge is 2.07. The van der Waals surface area contributed by atoms with Gasteiger partial charge in [0.25, 0.3) is 0 Å². The lowest BCUT2D eigenvalue weighted by Crippen LogP contribution is -1.99. The largest absolute Gasteiger partial charge is 0.497 e. The van der Waals surface area contributed by atoms with Gasteiger partial charge in [0.05, 0.1) is 13.7 Å². The van der Waals surface area contributed by atoms with Crippen LogP contribution < -0.4 is 9.47 Å². The van der Waals surface area contributed by atoms with Crippen molar-refractivity contribution in [2.45, 2.75) is 19.8 Å². The first-order chi connectivity index (χ1) is 7.67. The van der Waals surface area contributed by atoms with Crippen LogP contribution in [0.1, 0.15) is 18.9 Å². The lowest BCUT2D eigenvalue weighted by molar-refractivity contribution is -0.111. The maximum Gasteiger partial charge on any atom is 0.221 e. The third-order valence-corrected chi connectivity index (χ3v) is 2.35. The number of ether oxygens (including phenoxy) is 2. The average molecular weight is 243 g/mol. The lowest BCUT2D eigenvalue weighted by atomic mass is 10.1. The molecule has 0 aromatic heterocycles. The maximum atomic E-state index is 10.7. The Morgan fingerprint density at radius 3 is 2.75 bits per heavy atom. The molecule has 0 unspecified atom stereocenters. The highest BCUT2D eigenvalue weighted by Crippen LogP contribution is 2.26. The van der Waals surface area contributed by atoms with Gasteiger partial charge >= 0.3 is 0 Å². The fourth-order valence-electron chi connectivity index (χ4n) is 1.39. The summed E-state index contributed by atoms with van der Waals surface area (Å²) >= 11 is 5.31. The minimum Gasteiger partial charge on any atom is -0.497 e. The Morgan fingerprint density at radius 2 is 2.19 bits per heavy atom. The summed E-state index contributed by atoms with van der Waals surface area (Å²) in [5, 5.41) is -0.335. The monoisotopic (exact) mass is 242 g/mol. The minimum atomic E-state index is -0.335. The Hall–Kier alpha value is -1.22. The summed E-state index contributed by atoms with van der Waals surface area (Å²) in [4.78, 5) is 10.7. The standard InChI is InChI=1S/C12H15ClO3/c1-3-16-11-8-10(15-2)6-4-9(11)5-7-12(13)14/h4,6,8H,3,5,7H2,1-2H3. The van der Waals surface area contributed by atoms with Gasteiger partial charge in [-0.1, -0.05) is 6.07 Å². The van der Waals surface area contributed by atoms with Gasteiger partial charge in [-0.2, -0.15) is 0 Å². The fraction of sp³-hybridized carbons (Fsp3) is 0.417. The Bertz CT molecular complexity index is 363. The topological polar surface area (TPSA) is 35.5 Å². The molecule has 1 aromatic carbocycles. The van der Waals surface area contributed by atoms with Crippen molar-refractivity contribution in [1.82, 2.24) is 0 Å². The maximum absolute atomic E-state index is 10.7. The minimum absolute atomic E-state index is 0.313. The second-order valence-corrected chi connectivity index (χ2v) is 3.68. The molecule has 0 aliphatic rings. The Kier molecular flexibility index (Phi) is 5.12. The molecule has 0 saturated carbocycles. The SMILES string of the molecule is CCOc1cc(OC)ccc1CCC(=O)Cl. The van der Waals surface area contributed by atoms with E-state index in [1.807, 2.05) is 25.1 Å². The van der Waals surface area contributed by atoms with Crippen molar-refractivity contribution in [3.63, 3.8) is 0 Å². The van der Waals surface area contributed by atoms with Gasteiger partial charge in [0, 0.05) is 12.5 Å². The highest BCUT2D eigenvalue weighted by atomic mass is 35.5. The molecule has 0 aliphatic carbocycles. The molecular weight excluding hydrogens is 228 g/mol. The fourth-order valence-corrected chi connectivity index (χ4v) is 1.49. The molecule has 0 fully saturated rings. The third kappa shape index (κ3) is 3.74. The van der Waals surface area contributed by atoms with Gasteiger partial charge < -0.3 is 9.47 Å². The van der Waals surface area contributed by atoms with E-state index in [0.29, 0.717) is 19.4 Å². The normalized spacial score (nSPS) is 9.94. The molecule has 88 valence electrons. The molecule has 0 bridgehead atoms. The van der Waals surface area contributed by atoms with Crippen LogP contribution in [0.2, 0.25) is 0 Å². The van der Waals surface area contributed by atoms with Crippen LogP contribution in [0.5, 0.6) is 11.5 Å². The van der Waals surface area contributed by atoms with E-state index in [0.717, 1.165) is 17.1 Å². The van der Waals surface area contributed by atoms with E-state index in [-0.39, 0.29) is 5.24 Å². The predicted octanol–water partition coefficient (Wildman–Crippen LogP) is 2.79. The van der Waals surface area contributed by atoms with Gasteiger partial charge in [0.2, 0.25) is 5.24 Å². The lowest BCUT2D eigenvalue weighted by Gasteiger charge is -2.11. The molecule has 16 heavy (non-hydrogen) atoms. The number of aryl methyl sites for hydroxylation is 1. The van der Waals surface area contributed by atoms with E-state index in [1.54, 1.807) is 7.11 Å². The van der Waals surface area contributed by atoms with E-state index < -0.39 is 0 Å². The van der Waals surface area contributed by atoms with Crippen LogP contribution in [0, 0.1) is 0 Å². The second-order valence-electron chi connectivity index (χ2n) is 3.26. The van der Waals surface area contributed by atoms with Crippen LogP contribution in [0.15, 0.2) is 18.2 Å². The van der Waals surface area contributed by atoms with Crippen molar-refractivity contribution in [2.75, 3.05) is 13.7 Å². The number of methoxy groups -OCH3 is 1. The van der Waals surface area contributed by atoms with Crippen molar-refractivity contribution in [1.29, 1.82) is 0 Å². The summed E-state index contributed by atoms with van der Waals surface area (Å²) < 4.78 is 10.6. The molecule has 0 heterocycles. The van der Waals surface area contributed by atoms with Crippen LogP contribution in [0.4, 0.5) is 0 Å². The molecule has 0 atom stereocenters. The molecule has 0 N–H and O–H groups in total. The van der Waals surface area contributed by atoms with Gasteiger partial charge in [-0.25, -0.2) is 0 Å². The van der Waals surface area contributed by atoms with Crippen LogP contribution in [-0.2, 0) is 11.2 Å². The van der Waals surface area contributed by atoms with E-state index in [9.17, 15) is 4.79 Å². The number of benzene rings is 1. The summed E-state index contributed by atoms with van der Waals surface area (Å²) in [6.07, 6.45) is 0.898. The van der Waals surface area contributed by atoms with Crippen LogP contribution in [0.25, 0.3) is 0 Å². The number of carbonyl (C=O) groups is 1. The number of carbonyl (C=O) groups excluding carboxylic acids is 1. The van der Waals surface area contributed by atoms with Gasteiger partial charge in [-0.3, -0.25) is 4.79 Å². The van der Waals surface area contributed by atoms with E-state index >= 15 is 0 Å². The zero-order chi connectivity index (χ0) is 12.0. The van der Waals surface area contributed by atoms with Crippen molar-refractivity contribution in [3.8, 4) is 11.5 Å². The number of halogens is 1. The van der Waals surface area contributed by atoms with Crippen molar-refractivity contribution in [3.05, 3.63) is 23.8 Å². The molecule has 0 radical (unpaired) electrons. The molecule has 1 aromatic rings.